The lowest BCUT2D eigenvalue weighted by Gasteiger charge is -2.14. The van der Waals surface area contributed by atoms with E-state index in [2.05, 4.69) is 30.4 Å². The summed E-state index contributed by atoms with van der Waals surface area (Å²) in [5, 5.41) is 12.2. The number of aliphatic hydroxyl groups excluding tert-OH is 1. The molecule has 0 saturated carbocycles. The van der Waals surface area contributed by atoms with Crippen molar-refractivity contribution in [2.75, 3.05) is 20.0 Å². The summed E-state index contributed by atoms with van der Waals surface area (Å²) in [6.07, 6.45) is 3.90. The lowest BCUT2D eigenvalue weighted by Crippen LogP contribution is -2.25. The third-order valence-electron chi connectivity index (χ3n) is 2.90. The van der Waals surface area contributed by atoms with Gasteiger partial charge in [-0.1, -0.05) is 6.07 Å². The summed E-state index contributed by atoms with van der Waals surface area (Å²) in [6, 6.07) is 6.72. The quantitative estimate of drug-likeness (QED) is 0.712. The van der Waals surface area contributed by atoms with Crippen molar-refractivity contribution in [1.82, 2.24) is 5.32 Å². The van der Waals surface area contributed by atoms with E-state index in [9.17, 15) is 0 Å². The van der Waals surface area contributed by atoms with E-state index in [1.54, 1.807) is 18.9 Å². The molecule has 1 rings (SSSR count). The number of nitrogens with one attached hydrogen (secondary N) is 1. The minimum absolute atomic E-state index is 0.266. The zero-order chi connectivity index (χ0) is 13.4. The largest absolute Gasteiger partial charge is 0.496 e. The third kappa shape index (κ3) is 4.88. The molecule has 0 fully saturated rings. The Morgan fingerprint density at radius 1 is 1.44 bits per heavy atom. The first-order chi connectivity index (χ1) is 8.71. The van der Waals surface area contributed by atoms with Gasteiger partial charge in [0, 0.05) is 24.1 Å². The standard InChI is InChI=1S/C14H23NO2S/c1-11(5-4-8-16)15-10-12-6-7-14(18-3)13(9-12)17-2/h6-7,9,11,15-16H,4-5,8,10H2,1-3H3. The Hall–Kier alpha value is -0.710. The maximum absolute atomic E-state index is 8.78. The van der Waals surface area contributed by atoms with Crippen molar-refractivity contribution >= 4 is 11.8 Å². The number of rotatable bonds is 8. The molecule has 0 radical (unpaired) electrons. The molecule has 1 unspecified atom stereocenters. The summed E-state index contributed by atoms with van der Waals surface area (Å²) >= 11 is 1.69. The molecule has 0 aliphatic carbocycles. The molecule has 1 aromatic rings. The average molecular weight is 269 g/mol. The summed E-state index contributed by atoms with van der Waals surface area (Å²) in [5.74, 6) is 0.935. The molecule has 1 atom stereocenters. The van der Waals surface area contributed by atoms with E-state index >= 15 is 0 Å². The molecular formula is C14H23NO2S. The molecule has 102 valence electrons. The van der Waals surface area contributed by atoms with Gasteiger partial charge in [0.25, 0.3) is 0 Å². The van der Waals surface area contributed by atoms with Gasteiger partial charge in [0.05, 0.1) is 7.11 Å². The second-order valence-corrected chi connectivity index (χ2v) is 5.19. The molecular weight excluding hydrogens is 246 g/mol. The average Bonchev–Trinajstić information content (AvgIpc) is 2.42. The van der Waals surface area contributed by atoms with Gasteiger partial charge < -0.3 is 15.2 Å². The highest BCUT2D eigenvalue weighted by molar-refractivity contribution is 7.98. The molecule has 3 nitrogen and oxygen atoms in total. The summed E-state index contributed by atoms with van der Waals surface area (Å²) in [4.78, 5) is 1.16. The van der Waals surface area contributed by atoms with Gasteiger partial charge in [-0.15, -0.1) is 11.8 Å². The SMILES string of the molecule is COc1cc(CNC(C)CCCO)ccc1SC. The molecule has 18 heavy (non-hydrogen) atoms. The first-order valence-electron chi connectivity index (χ1n) is 6.26. The normalized spacial score (nSPS) is 12.4. The molecule has 4 heteroatoms. The van der Waals surface area contributed by atoms with Crippen LogP contribution in [0.4, 0.5) is 0 Å². The Bertz CT molecular complexity index is 358. The van der Waals surface area contributed by atoms with Crippen LogP contribution in [0.15, 0.2) is 23.1 Å². The van der Waals surface area contributed by atoms with Gasteiger partial charge in [0.2, 0.25) is 0 Å². The van der Waals surface area contributed by atoms with Crippen LogP contribution in [0.2, 0.25) is 0 Å². The maximum atomic E-state index is 8.78. The second-order valence-electron chi connectivity index (χ2n) is 4.34. The van der Waals surface area contributed by atoms with E-state index in [0.29, 0.717) is 6.04 Å². The van der Waals surface area contributed by atoms with Crippen LogP contribution < -0.4 is 10.1 Å². The van der Waals surface area contributed by atoms with Gasteiger partial charge >= 0.3 is 0 Å². The summed E-state index contributed by atoms with van der Waals surface area (Å²) in [6.45, 7) is 3.24. The van der Waals surface area contributed by atoms with Crippen molar-refractivity contribution in [2.45, 2.75) is 37.2 Å². The molecule has 0 saturated heterocycles. The number of aliphatic hydroxyl groups is 1. The number of hydrogen-bond donors (Lipinski definition) is 2. The molecule has 2 N–H and O–H groups in total. The number of thioether (sulfide) groups is 1. The van der Waals surface area contributed by atoms with Gasteiger partial charge in [-0.25, -0.2) is 0 Å². The Morgan fingerprint density at radius 3 is 2.83 bits per heavy atom. The molecule has 0 aliphatic heterocycles. The first-order valence-corrected chi connectivity index (χ1v) is 7.49. The van der Waals surface area contributed by atoms with Crippen molar-refractivity contribution in [3.8, 4) is 5.75 Å². The Labute approximate surface area is 114 Å². The molecule has 0 aromatic heterocycles. The predicted octanol–water partition coefficient (Wildman–Crippen LogP) is 2.67. The number of benzene rings is 1. The smallest absolute Gasteiger partial charge is 0.132 e. The highest BCUT2D eigenvalue weighted by atomic mass is 32.2. The molecule has 0 bridgehead atoms. The zero-order valence-electron chi connectivity index (χ0n) is 11.4. The Morgan fingerprint density at radius 2 is 2.22 bits per heavy atom. The summed E-state index contributed by atoms with van der Waals surface area (Å²) < 4.78 is 5.37. The van der Waals surface area contributed by atoms with Crippen molar-refractivity contribution < 1.29 is 9.84 Å². The van der Waals surface area contributed by atoms with Crippen molar-refractivity contribution in [1.29, 1.82) is 0 Å². The number of ether oxygens (including phenoxy) is 1. The van der Waals surface area contributed by atoms with Gasteiger partial charge in [0.1, 0.15) is 5.75 Å². The monoisotopic (exact) mass is 269 g/mol. The minimum Gasteiger partial charge on any atom is -0.496 e. The van der Waals surface area contributed by atoms with E-state index in [1.165, 1.54) is 5.56 Å². The molecule has 0 heterocycles. The number of hydrogen-bond acceptors (Lipinski definition) is 4. The molecule has 0 aliphatic rings. The minimum atomic E-state index is 0.266. The van der Waals surface area contributed by atoms with Gasteiger partial charge in [-0.05, 0) is 43.7 Å². The maximum Gasteiger partial charge on any atom is 0.132 e. The highest BCUT2D eigenvalue weighted by Gasteiger charge is 2.05. The van der Waals surface area contributed by atoms with Crippen LogP contribution in [0, 0.1) is 0 Å². The van der Waals surface area contributed by atoms with Crippen LogP contribution in [0.5, 0.6) is 5.75 Å². The zero-order valence-corrected chi connectivity index (χ0v) is 12.2. The van der Waals surface area contributed by atoms with E-state index < -0.39 is 0 Å². The molecule has 0 amide bonds. The third-order valence-corrected chi connectivity index (χ3v) is 3.67. The molecule has 0 spiro atoms. The second kappa shape index (κ2) is 8.40. The van der Waals surface area contributed by atoms with E-state index in [1.807, 2.05) is 6.26 Å². The van der Waals surface area contributed by atoms with Crippen LogP contribution in [0.3, 0.4) is 0 Å². The van der Waals surface area contributed by atoms with Crippen molar-refractivity contribution in [3.63, 3.8) is 0 Å². The van der Waals surface area contributed by atoms with E-state index in [-0.39, 0.29) is 6.61 Å². The number of methoxy groups -OCH3 is 1. The highest BCUT2D eigenvalue weighted by Crippen LogP contribution is 2.28. The topological polar surface area (TPSA) is 41.5 Å². The van der Waals surface area contributed by atoms with Crippen molar-refractivity contribution in [3.05, 3.63) is 23.8 Å². The first kappa shape index (κ1) is 15.3. The van der Waals surface area contributed by atoms with Crippen LogP contribution in [0.1, 0.15) is 25.3 Å². The van der Waals surface area contributed by atoms with Crippen LogP contribution in [-0.4, -0.2) is 31.1 Å². The molecule has 1 aromatic carbocycles. The Balaban J connectivity index is 2.52. The lowest BCUT2D eigenvalue weighted by atomic mass is 10.1. The predicted molar refractivity (Wildman–Crippen MR) is 77.4 cm³/mol. The van der Waals surface area contributed by atoms with Gasteiger partial charge in [-0.3, -0.25) is 0 Å². The van der Waals surface area contributed by atoms with Crippen LogP contribution >= 0.6 is 11.8 Å². The van der Waals surface area contributed by atoms with E-state index in [0.717, 1.165) is 30.0 Å². The van der Waals surface area contributed by atoms with Gasteiger partial charge in [-0.2, -0.15) is 0 Å². The fourth-order valence-corrected chi connectivity index (χ4v) is 2.33. The summed E-state index contributed by atoms with van der Waals surface area (Å²) in [7, 11) is 1.70. The van der Waals surface area contributed by atoms with Crippen LogP contribution in [0.25, 0.3) is 0 Å². The summed E-state index contributed by atoms with van der Waals surface area (Å²) in [5.41, 5.74) is 1.22. The fraction of sp³-hybridized carbons (Fsp3) is 0.571. The Kier molecular flexibility index (Phi) is 7.16. The van der Waals surface area contributed by atoms with Gasteiger partial charge in [0.15, 0.2) is 0 Å². The van der Waals surface area contributed by atoms with Crippen molar-refractivity contribution in [2.24, 2.45) is 0 Å². The lowest BCUT2D eigenvalue weighted by molar-refractivity contribution is 0.276. The fourth-order valence-electron chi connectivity index (χ4n) is 1.78. The van der Waals surface area contributed by atoms with E-state index in [4.69, 9.17) is 9.84 Å². The van der Waals surface area contributed by atoms with Crippen LogP contribution in [-0.2, 0) is 6.54 Å².